The molecule has 0 fully saturated rings. The summed E-state index contributed by atoms with van der Waals surface area (Å²) in [6.45, 7) is 4.02. The Balaban J connectivity index is 2.31. The number of nitrogens with zero attached hydrogens (tertiary/aromatic N) is 2. The molecule has 0 aromatic carbocycles. The molecule has 2 aromatic rings. The molecule has 0 spiro atoms. The molecule has 1 unspecified atom stereocenters. The lowest BCUT2D eigenvalue weighted by Gasteiger charge is -2.15. The molecule has 0 aliphatic carbocycles. The van der Waals surface area contributed by atoms with Crippen molar-refractivity contribution < 1.29 is 0 Å². The van der Waals surface area contributed by atoms with Crippen LogP contribution in [0.15, 0.2) is 16.8 Å². The predicted molar refractivity (Wildman–Crippen MR) is 80.2 cm³/mol. The highest BCUT2D eigenvalue weighted by molar-refractivity contribution is 7.80. The van der Waals surface area contributed by atoms with Crippen LogP contribution in [-0.4, -0.2) is 14.8 Å². The molecule has 0 aliphatic rings. The van der Waals surface area contributed by atoms with Gasteiger partial charge in [-0.15, -0.1) is 0 Å². The van der Waals surface area contributed by atoms with E-state index in [1.54, 1.807) is 16.0 Å². The Kier molecular flexibility index (Phi) is 3.68. The second-order valence-corrected chi connectivity index (χ2v) is 5.44. The highest BCUT2D eigenvalue weighted by Gasteiger charge is 2.17. The van der Waals surface area contributed by atoms with Crippen LogP contribution in [0.5, 0.6) is 0 Å². The van der Waals surface area contributed by atoms with Crippen molar-refractivity contribution in [3.63, 3.8) is 0 Å². The normalized spacial score (nSPS) is 12.4. The van der Waals surface area contributed by atoms with Crippen molar-refractivity contribution >= 4 is 34.4 Å². The molecule has 96 valence electrons. The van der Waals surface area contributed by atoms with Crippen molar-refractivity contribution in [3.8, 4) is 0 Å². The Morgan fingerprint density at radius 1 is 1.61 bits per heavy atom. The average molecular weight is 280 g/mol. The SMILES string of the molecule is Cc1nn(C)c(NC(C)c2ccsc2)c1C(N)=S. The van der Waals surface area contributed by atoms with Gasteiger partial charge in [-0.3, -0.25) is 4.68 Å². The summed E-state index contributed by atoms with van der Waals surface area (Å²) in [5, 5.41) is 12.0. The zero-order valence-corrected chi connectivity index (χ0v) is 12.2. The summed E-state index contributed by atoms with van der Waals surface area (Å²) in [5.41, 5.74) is 8.69. The van der Waals surface area contributed by atoms with Gasteiger partial charge in [-0.05, 0) is 36.2 Å². The number of nitrogens with one attached hydrogen (secondary N) is 1. The zero-order chi connectivity index (χ0) is 13.3. The molecule has 2 aromatic heterocycles. The van der Waals surface area contributed by atoms with E-state index in [1.807, 2.05) is 14.0 Å². The molecule has 2 heterocycles. The van der Waals surface area contributed by atoms with Gasteiger partial charge in [-0.25, -0.2) is 0 Å². The summed E-state index contributed by atoms with van der Waals surface area (Å²) in [5.74, 6) is 0.874. The number of rotatable bonds is 4. The second-order valence-electron chi connectivity index (χ2n) is 4.22. The Morgan fingerprint density at radius 3 is 2.89 bits per heavy atom. The molecule has 0 bridgehead atoms. The highest BCUT2D eigenvalue weighted by Crippen LogP contribution is 2.25. The second kappa shape index (κ2) is 5.07. The monoisotopic (exact) mass is 280 g/mol. The minimum Gasteiger partial charge on any atom is -0.389 e. The molecule has 0 saturated carbocycles. The van der Waals surface area contributed by atoms with Gasteiger partial charge < -0.3 is 11.1 Å². The number of aromatic nitrogens is 2. The molecule has 2 rings (SSSR count). The number of thiocarbonyl (C=S) groups is 1. The molecule has 1 atom stereocenters. The summed E-state index contributed by atoms with van der Waals surface area (Å²) >= 11 is 6.78. The van der Waals surface area contributed by atoms with Gasteiger partial charge in [0.2, 0.25) is 0 Å². The first-order valence-corrected chi connectivity index (χ1v) is 6.98. The van der Waals surface area contributed by atoms with Crippen LogP contribution in [0.3, 0.4) is 0 Å². The maximum atomic E-state index is 5.76. The number of nitrogens with two attached hydrogens (primary N) is 1. The predicted octanol–water partition coefficient (Wildman–Crippen LogP) is 2.60. The third-order valence-corrected chi connectivity index (χ3v) is 3.77. The summed E-state index contributed by atoms with van der Waals surface area (Å²) < 4.78 is 1.78. The van der Waals surface area contributed by atoms with Crippen molar-refractivity contribution in [3.05, 3.63) is 33.6 Å². The molecule has 6 heteroatoms. The first-order valence-electron chi connectivity index (χ1n) is 5.62. The average Bonchev–Trinajstić information content (AvgIpc) is 2.87. The quantitative estimate of drug-likeness (QED) is 0.845. The molecule has 0 saturated heterocycles. The van der Waals surface area contributed by atoms with Crippen molar-refractivity contribution in [1.29, 1.82) is 0 Å². The minimum atomic E-state index is 0.194. The first-order chi connectivity index (χ1) is 8.50. The summed E-state index contributed by atoms with van der Waals surface area (Å²) in [6, 6.07) is 2.30. The fraction of sp³-hybridized carbons (Fsp3) is 0.333. The van der Waals surface area contributed by atoms with Gasteiger partial charge in [0.05, 0.1) is 17.3 Å². The van der Waals surface area contributed by atoms with Gasteiger partial charge in [0.25, 0.3) is 0 Å². The van der Waals surface area contributed by atoms with E-state index >= 15 is 0 Å². The number of anilines is 1. The number of hydrogen-bond acceptors (Lipinski definition) is 4. The van der Waals surface area contributed by atoms with Crippen LogP contribution in [-0.2, 0) is 7.05 Å². The van der Waals surface area contributed by atoms with Crippen molar-refractivity contribution in [1.82, 2.24) is 9.78 Å². The number of hydrogen-bond donors (Lipinski definition) is 2. The summed E-state index contributed by atoms with van der Waals surface area (Å²) in [4.78, 5) is 0.376. The third-order valence-electron chi connectivity index (χ3n) is 2.87. The van der Waals surface area contributed by atoms with Gasteiger partial charge in [0.15, 0.2) is 0 Å². The fourth-order valence-corrected chi connectivity index (χ4v) is 2.93. The van der Waals surface area contributed by atoms with Crippen LogP contribution < -0.4 is 11.1 Å². The standard InChI is InChI=1S/C12H16N4S2/c1-7(9-4-5-18-6-9)14-12-10(11(13)17)8(2)15-16(12)3/h4-7,14H,1-3H3,(H2,13,17). The lowest BCUT2D eigenvalue weighted by molar-refractivity contribution is 0.743. The van der Waals surface area contributed by atoms with Crippen molar-refractivity contribution in [2.24, 2.45) is 12.8 Å². The molecular weight excluding hydrogens is 264 g/mol. The zero-order valence-electron chi connectivity index (χ0n) is 10.6. The van der Waals surface area contributed by atoms with Gasteiger partial charge in [-0.1, -0.05) is 12.2 Å². The smallest absolute Gasteiger partial charge is 0.135 e. The molecular formula is C12H16N4S2. The van der Waals surface area contributed by atoms with E-state index in [0.29, 0.717) is 4.99 Å². The minimum absolute atomic E-state index is 0.194. The van der Waals surface area contributed by atoms with E-state index in [1.165, 1.54) is 5.56 Å². The highest BCUT2D eigenvalue weighted by atomic mass is 32.1. The summed E-state index contributed by atoms with van der Waals surface area (Å²) in [6.07, 6.45) is 0. The van der Waals surface area contributed by atoms with Crippen molar-refractivity contribution in [2.75, 3.05) is 5.32 Å². The van der Waals surface area contributed by atoms with Gasteiger partial charge >= 0.3 is 0 Å². The van der Waals surface area contributed by atoms with Gasteiger partial charge in [0, 0.05) is 7.05 Å². The van der Waals surface area contributed by atoms with Crippen LogP contribution in [0.4, 0.5) is 5.82 Å². The fourth-order valence-electron chi connectivity index (χ4n) is 1.93. The van der Waals surface area contributed by atoms with E-state index in [9.17, 15) is 0 Å². The molecule has 4 nitrogen and oxygen atoms in total. The van der Waals surface area contributed by atoms with Crippen molar-refractivity contribution in [2.45, 2.75) is 19.9 Å². The van der Waals surface area contributed by atoms with E-state index in [0.717, 1.165) is 17.1 Å². The van der Waals surface area contributed by atoms with E-state index in [4.69, 9.17) is 18.0 Å². The Morgan fingerprint density at radius 2 is 2.33 bits per heavy atom. The largest absolute Gasteiger partial charge is 0.389 e. The van der Waals surface area contributed by atoms with Gasteiger partial charge in [-0.2, -0.15) is 16.4 Å². The van der Waals surface area contributed by atoms with Crippen LogP contribution in [0, 0.1) is 6.92 Å². The maximum absolute atomic E-state index is 5.76. The van der Waals surface area contributed by atoms with Crippen LogP contribution >= 0.6 is 23.6 Å². The Labute approximate surface area is 116 Å². The lowest BCUT2D eigenvalue weighted by atomic mass is 10.1. The van der Waals surface area contributed by atoms with Crippen LogP contribution in [0.2, 0.25) is 0 Å². The van der Waals surface area contributed by atoms with E-state index in [-0.39, 0.29) is 6.04 Å². The number of thiophene rings is 1. The summed E-state index contributed by atoms with van der Waals surface area (Å²) in [7, 11) is 1.89. The molecule has 3 N–H and O–H groups in total. The Bertz CT molecular complexity index is 557. The molecule has 0 aliphatic heterocycles. The first kappa shape index (κ1) is 13.0. The Hall–Kier alpha value is -1.40. The third kappa shape index (κ3) is 2.39. The molecule has 0 amide bonds. The lowest BCUT2D eigenvalue weighted by Crippen LogP contribution is -2.16. The van der Waals surface area contributed by atoms with Gasteiger partial charge in [0.1, 0.15) is 10.8 Å². The molecule has 18 heavy (non-hydrogen) atoms. The van der Waals surface area contributed by atoms with Crippen LogP contribution in [0.1, 0.15) is 29.8 Å². The number of aryl methyl sites for hydroxylation is 2. The van der Waals surface area contributed by atoms with E-state index < -0.39 is 0 Å². The topological polar surface area (TPSA) is 55.9 Å². The van der Waals surface area contributed by atoms with Crippen LogP contribution in [0.25, 0.3) is 0 Å². The van der Waals surface area contributed by atoms with E-state index in [2.05, 4.69) is 34.2 Å². The molecule has 0 radical (unpaired) electrons. The maximum Gasteiger partial charge on any atom is 0.135 e.